The lowest BCUT2D eigenvalue weighted by molar-refractivity contribution is -0.141. The summed E-state index contributed by atoms with van der Waals surface area (Å²) in [7, 11) is 1.60. The van der Waals surface area contributed by atoms with Gasteiger partial charge in [-0.1, -0.05) is 12.1 Å². The van der Waals surface area contributed by atoms with Gasteiger partial charge in [-0.15, -0.1) is 0 Å². The summed E-state index contributed by atoms with van der Waals surface area (Å²) in [5.74, 6) is -1.38. The first kappa shape index (κ1) is 13.5. The fraction of sp³-hybridized carbons (Fsp3) is 0.429. The zero-order valence-electron chi connectivity index (χ0n) is 10.8. The minimum atomic E-state index is -0.830. The van der Waals surface area contributed by atoms with Crippen molar-refractivity contribution in [2.24, 2.45) is 5.92 Å². The van der Waals surface area contributed by atoms with Gasteiger partial charge in [0, 0.05) is 25.8 Å². The molecular formula is C14H17NO4. The van der Waals surface area contributed by atoms with Gasteiger partial charge in [0.1, 0.15) is 0 Å². The number of carbonyl (C=O) groups excluding carboxylic acids is 1. The molecule has 1 heterocycles. The zero-order valence-corrected chi connectivity index (χ0v) is 10.8. The molecule has 0 saturated carbocycles. The molecule has 1 aromatic rings. The highest BCUT2D eigenvalue weighted by molar-refractivity contribution is 5.95. The van der Waals surface area contributed by atoms with Gasteiger partial charge in [0.05, 0.1) is 12.5 Å². The van der Waals surface area contributed by atoms with Crippen LogP contribution in [0.5, 0.6) is 0 Å². The molecule has 1 aromatic carbocycles. The molecule has 1 amide bonds. The highest BCUT2D eigenvalue weighted by Crippen LogP contribution is 2.19. The van der Waals surface area contributed by atoms with Crippen LogP contribution >= 0.6 is 0 Å². The number of carboxylic acids is 1. The smallest absolute Gasteiger partial charge is 0.308 e. The van der Waals surface area contributed by atoms with Crippen LogP contribution in [0.25, 0.3) is 0 Å². The van der Waals surface area contributed by atoms with E-state index in [1.54, 1.807) is 24.1 Å². The van der Waals surface area contributed by atoms with E-state index >= 15 is 0 Å². The average molecular weight is 263 g/mol. The molecule has 0 unspecified atom stereocenters. The lowest BCUT2D eigenvalue weighted by atomic mass is 10.1. The molecule has 1 aliphatic heterocycles. The highest BCUT2D eigenvalue weighted by atomic mass is 16.5. The first-order valence-electron chi connectivity index (χ1n) is 6.21. The molecule has 0 radical (unpaired) electrons. The van der Waals surface area contributed by atoms with Gasteiger partial charge in [-0.05, 0) is 24.1 Å². The van der Waals surface area contributed by atoms with Crippen LogP contribution in [-0.4, -0.2) is 42.1 Å². The fourth-order valence-electron chi connectivity index (χ4n) is 2.29. The Bertz CT molecular complexity index is 486. The third-order valence-electron chi connectivity index (χ3n) is 3.31. The van der Waals surface area contributed by atoms with Crippen LogP contribution in [0.15, 0.2) is 24.3 Å². The molecule has 0 aliphatic carbocycles. The molecule has 0 spiro atoms. The molecule has 0 aromatic heterocycles. The first-order chi connectivity index (χ1) is 9.11. The average Bonchev–Trinajstić information content (AvgIpc) is 2.88. The molecule has 5 nitrogen and oxygen atoms in total. The van der Waals surface area contributed by atoms with Crippen molar-refractivity contribution < 1.29 is 19.4 Å². The molecule has 2 rings (SSSR count). The Morgan fingerprint density at radius 3 is 2.89 bits per heavy atom. The van der Waals surface area contributed by atoms with Crippen molar-refractivity contribution in [3.8, 4) is 0 Å². The number of methoxy groups -OCH3 is 1. The van der Waals surface area contributed by atoms with Crippen LogP contribution in [0.4, 0.5) is 0 Å². The van der Waals surface area contributed by atoms with Crippen molar-refractivity contribution in [2.45, 2.75) is 13.0 Å². The van der Waals surface area contributed by atoms with Crippen LogP contribution in [0.1, 0.15) is 22.3 Å². The summed E-state index contributed by atoms with van der Waals surface area (Å²) in [5, 5.41) is 8.94. The third-order valence-corrected chi connectivity index (χ3v) is 3.31. The molecule has 1 saturated heterocycles. The van der Waals surface area contributed by atoms with Crippen molar-refractivity contribution in [2.75, 3.05) is 20.2 Å². The second-order valence-corrected chi connectivity index (χ2v) is 4.71. The van der Waals surface area contributed by atoms with Crippen molar-refractivity contribution in [3.63, 3.8) is 0 Å². The monoisotopic (exact) mass is 263 g/mol. The van der Waals surface area contributed by atoms with E-state index in [9.17, 15) is 9.59 Å². The van der Waals surface area contributed by atoms with Gasteiger partial charge in [0.15, 0.2) is 0 Å². The van der Waals surface area contributed by atoms with Gasteiger partial charge in [-0.25, -0.2) is 0 Å². The fourth-order valence-corrected chi connectivity index (χ4v) is 2.29. The number of likely N-dealkylation sites (tertiary alicyclic amines) is 1. The quantitative estimate of drug-likeness (QED) is 0.891. The van der Waals surface area contributed by atoms with Gasteiger partial charge >= 0.3 is 5.97 Å². The lowest BCUT2D eigenvalue weighted by Gasteiger charge is -2.16. The van der Waals surface area contributed by atoms with Crippen LogP contribution < -0.4 is 0 Å². The summed E-state index contributed by atoms with van der Waals surface area (Å²) in [4.78, 5) is 24.8. The van der Waals surface area contributed by atoms with Gasteiger partial charge in [-0.2, -0.15) is 0 Å². The Hall–Kier alpha value is -1.88. The summed E-state index contributed by atoms with van der Waals surface area (Å²) in [6.07, 6.45) is 0.527. The van der Waals surface area contributed by atoms with Crippen molar-refractivity contribution in [3.05, 3.63) is 35.4 Å². The van der Waals surface area contributed by atoms with E-state index < -0.39 is 11.9 Å². The number of carbonyl (C=O) groups is 2. The second-order valence-electron chi connectivity index (χ2n) is 4.71. The molecular weight excluding hydrogens is 246 g/mol. The maximum atomic E-state index is 12.3. The van der Waals surface area contributed by atoms with E-state index in [1.807, 2.05) is 12.1 Å². The molecule has 1 fully saturated rings. The topological polar surface area (TPSA) is 66.8 Å². The summed E-state index contributed by atoms with van der Waals surface area (Å²) in [6, 6.07) is 7.24. The predicted molar refractivity (Wildman–Crippen MR) is 68.8 cm³/mol. The Morgan fingerprint density at radius 1 is 1.47 bits per heavy atom. The first-order valence-corrected chi connectivity index (χ1v) is 6.21. The van der Waals surface area contributed by atoms with Gasteiger partial charge in [-0.3, -0.25) is 9.59 Å². The van der Waals surface area contributed by atoms with E-state index in [-0.39, 0.29) is 5.91 Å². The molecule has 5 heteroatoms. The van der Waals surface area contributed by atoms with Crippen molar-refractivity contribution in [1.82, 2.24) is 4.90 Å². The largest absolute Gasteiger partial charge is 0.481 e. The van der Waals surface area contributed by atoms with Crippen LogP contribution in [0, 0.1) is 5.92 Å². The molecule has 0 bridgehead atoms. The van der Waals surface area contributed by atoms with E-state index in [0.29, 0.717) is 31.7 Å². The normalized spacial score (nSPS) is 18.6. The molecule has 1 aliphatic rings. The number of hydrogen-bond acceptors (Lipinski definition) is 3. The number of nitrogens with zero attached hydrogens (tertiary/aromatic N) is 1. The van der Waals surface area contributed by atoms with Gasteiger partial charge in [0.25, 0.3) is 5.91 Å². The minimum Gasteiger partial charge on any atom is -0.481 e. The molecule has 1 atom stereocenters. The van der Waals surface area contributed by atoms with Crippen molar-refractivity contribution in [1.29, 1.82) is 0 Å². The van der Waals surface area contributed by atoms with Gasteiger partial charge < -0.3 is 14.7 Å². The maximum Gasteiger partial charge on any atom is 0.308 e. The summed E-state index contributed by atoms with van der Waals surface area (Å²) in [6.45, 7) is 1.26. The predicted octanol–water partition coefficient (Wildman–Crippen LogP) is 1.38. The Morgan fingerprint density at radius 2 is 2.26 bits per heavy atom. The number of carboxylic acid groups (broad SMARTS) is 1. The maximum absolute atomic E-state index is 12.3. The standard InChI is InChI=1S/C14H17NO4/c1-19-9-10-3-2-4-11(7-10)13(16)15-6-5-12(8-15)14(17)18/h2-4,7,12H,5-6,8-9H2,1H3,(H,17,18)/t12-/m1/s1. The molecule has 1 N–H and O–H groups in total. The van der Waals surface area contributed by atoms with Gasteiger partial charge in [0.2, 0.25) is 0 Å². The van der Waals surface area contributed by atoms with Crippen LogP contribution in [0.2, 0.25) is 0 Å². The number of aliphatic carboxylic acids is 1. The molecule has 102 valence electrons. The zero-order chi connectivity index (χ0) is 13.8. The SMILES string of the molecule is COCc1cccc(C(=O)N2CC[C@@H](C(=O)O)C2)c1. The van der Waals surface area contributed by atoms with Crippen LogP contribution in [-0.2, 0) is 16.1 Å². The van der Waals surface area contributed by atoms with Crippen LogP contribution in [0.3, 0.4) is 0 Å². The number of hydrogen-bond donors (Lipinski definition) is 1. The number of ether oxygens (including phenoxy) is 1. The minimum absolute atomic E-state index is 0.110. The van der Waals surface area contributed by atoms with E-state index in [1.165, 1.54) is 0 Å². The number of amides is 1. The summed E-state index contributed by atoms with van der Waals surface area (Å²) < 4.78 is 5.03. The Labute approximate surface area is 111 Å². The number of rotatable bonds is 4. The number of benzene rings is 1. The Kier molecular flexibility index (Phi) is 4.16. The van der Waals surface area contributed by atoms with E-state index in [4.69, 9.17) is 9.84 Å². The van der Waals surface area contributed by atoms with E-state index in [0.717, 1.165) is 5.56 Å². The molecule has 19 heavy (non-hydrogen) atoms. The Balaban J connectivity index is 2.08. The second kappa shape index (κ2) is 5.84. The highest BCUT2D eigenvalue weighted by Gasteiger charge is 2.31. The summed E-state index contributed by atoms with van der Waals surface area (Å²) in [5.41, 5.74) is 1.52. The lowest BCUT2D eigenvalue weighted by Crippen LogP contribution is -2.30. The van der Waals surface area contributed by atoms with Crippen molar-refractivity contribution >= 4 is 11.9 Å². The third kappa shape index (κ3) is 3.12. The van der Waals surface area contributed by atoms with E-state index in [2.05, 4.69) is 0 Å². The summed E-state index contributed by atoms with van der Waals surface area (Å²) >= 11 is 0.